The van der Waals surface area contributed by atoms with Crippen LogP contribution in [0, 0.1) is 0 Å². The summed E-state index contributed by atoms with van der Waals surface area (Å²) in [6.07, 6.45) is 1.25. The van der Waals surface area contributed by atoms with Crippen LogP contribution in [0.25, 0.3) is 0 Å². The predicted octanol–water partition coefficient (Wildman–Crippen LogP) is 2.11. The number of carbonyl (C=O) groups is 1. The zero-order valence-electron chi connectivity index (χ0n) is 10.0. The molecule has 1 amide bonds. The van der Waals surface area contributed by atoms with Crippen molar-refractivity contribution in [1.82, 2.24) is 4.90 Å². The van der Waals surface area contributed by atoms with Gasteiger partial charge in [-0.15, -0.1) is 0 Å². The molecule has 0 heterocycles. The van der Waals surface area contributed by atoms with E-state index in [0.29, 0.717) is 24.5 Å². The van der Waals surface area contributed by atoms with Crippen LogP contribution in [0.15, 0.2) is 24.3 Å². The topological polar surface area (TPSA) is 40.5 Å². The standard InChI is InChI=1S/C13H18ClNO2/c1-2-7-15(8-9-16)13(17)10-11-3-5-12(14)6-4-11/h3-6,16H,2,7-10H2,1H3. The van der Waals surface area contributed by atoms with Gasteiger partial charge in [0.1, 0.15) is 0 Å². The molecule has 94 valence electrons. The molecule has 0 aliphatic rings. The summed E-state index contributed by atoms with van der Waals surface area (Å²) in [5.41, 5.74) is 0.943. The van der Waals surface area contributed by atoms with Crippen molar-refractivity contribution in [2.24, 2.45) is 0 Å². The lowest BCUT2D eigenvalue weighted by atomic mass is 10.1. The molecule has 0 bridgehead atoms. The van der Waals surface area contributed by atoms with Gasteiger partial charge in [-0.3, -0.25) is 4.79 Å². The Balaban J connectivity index is 2.59. The van der Waals surface area contributed by atoms with Crippen molar-refractivity contribution in [3.8, 4) is 0 Å². The number of nitrogens with zero attached hydrogens (tertiary/aromatic N) is 1. The summed E-state index contributed by atoms with van der Waals surface area (Å²) in [6, 6.07) is 7.26. The van der Waals surface area contributed by atoms with Crippen molar-refractivity contribution in [2.75, 3.05) is 19.7 Å². The monoisotopic (exact) mass is 255 g/mol. The molecule has 3 nitrogen and oxygen atoms in total. The molecule has 0 saturated carbocycles. The lowest BCUT2D eigenvalue weighted by Crippen LogP contribution is -2.35. The number of benzene rings is 1. The zero-order valence-corrected chi connectivity index (χ0v) is 10.8. The van der Waals surface area contributed by atoms with Crippen LogP contribution in [-0.2, 0) is 11.2 Å². The SMILES string of the molecule is CCCN(CCO)C(=O)Cc1ccc(Cl)cc1. The first-order chi connectivity index (χ1) is 8.17. The van der Waals surface area contributed by atoms with Crippen LogP contribution in [0.5, 0.6) is 0 Å². The smallest absolute Gasteiger partial charge is 0.227 e. The van der Waals surface area contributed by atoms with Gasteiger partial charge in [-0.2, -0.15) is 0 Å². The highest BCUT2D eigenvalue weighted by atomic mass is 35.5. The summed E-state index contributed by atoms with van der Waals surface area (Å²) >= 11 is 5.78. The van der Waals surface area contributed by atoms with Gasteiger partial charge in [0.25, 0.3) is 0 Å². The highest BCUT2D eigenvalue weighted by molar-refractivity contribution is 6.30. The lowest BCUT2D eigenvalue weighted by Gasteiger charge is -2.21. The third-order valence-electron chi connectivity index (χ3n) is 2.48. The first kappa shape index (κ1) is 14.0. The normalized spacial score (nSPS) is 10.3. The highest BCUT2D eigenvalue weighted by Gasteiger charge is 2.12. The molecule has 17 heavy (non-hydrogen) atoms. The van der Waals surface area contributed by atoms with Crippen molar-refractivity contribution in [2.45, 2.75) is 19.8 Å². The van der Waals surface area contributed by atoms with E-state index in [-0.39, 0.29) is 12.5 Å². The molecule has 0 saturated heterocycles. The van der Waals surface area contributed by atoms with Gasteiger partial charge >= 0.3 is 0 Å². The molecule has 0 fully saturated rings. The molecule has 1 aromatic rings. The lowest BCUT2D eigenvalue weighted by molar-refractivity contribution is -0.131. The fraction of sp³-hybridized carbons (Fsp3) is 0.462. The first-order valence-corrected chi connectivity index (χ1v) is 6.18. The molecule has 1 rings (SSSR count). The van der Waals surface area contributed by atoms with Gasteiger partial charge < -0.3 is 10.0 Å². The number of hydrogen-bond acceptors (Lipinski definition) is 2. The number of aliphatic hydroxyl groups is 1. The van der Waals surface area contributed by atoms with Crippen LogP contribution in [0.1, 0.15) is 18.9 Å². The largest absolute Gasteiger partial charge is 0.395 e. The van der Waals surface area contributed by atoms with Crippen LogP contribution in [0.2, 0.25) is 5.02 Å². The number of carbonyl (C=O) groups excluding carboxylic acids is 1. The van der Waals surface area contributed by atoms with E-state index in [2.05, 4.69) is 0 Å². The second kappa shape index (κ2) is 7.30. The minimum absolute atomic E-state index is 0.00631. The number of amides is 1. The molecule has 1 N–H and O–H groups in total. The van der Waals surface area contributed by atoms with Crippen LogP contribution in [0.4, 0.5) is 0 Å². The fourth-order valence-electron chi connectivity index (χ4n) is 1.64. The molecule has 1 aromatic carbocycles. The Morgan fingerprint density at radius 2 is 1.94 bits per heavy atom. The Morgan fingerprint density at radius 3 is 2.47 bits per heavy atom. The number of hydrogen-bond donors (Lipinski definition) is 1. The van der Waals surface area contributed by atoms with E-state index >= 15 is 0 Å². The maximum absolute atomic E-state index is 12.0. The molecule has 0 aromatic heterocycles. The quantitative estimate of drug-likeness (QED) is 0.846. The van der Waals surface area contributed by atoms with Gasteiger partial charge in [-0.25, -0.2) is 0 Å². The summed E-state index contributed by atoms with van der Waals surface area (Å²) in [7, 11) is 0. The van der Waals surface area contributed by atoms with E-state index in [9.17, 15) is 4.79 Å². The van der Waals surface area contributed by atoms with Crippen LogP contribution in [-0.4, -0.2) is 35.6 Å². The summed E-state index contributed by atoms with van der Waals surface area (Å²) < 4.78 is 0. The van der Waals surface area contributed by atoms with Crippen LogP contribution < -0.4 is 0 Å². The minimum Gasteiger partial charge on any atom is -0.395 e. The molecular weight excluding hydrogens is 238 g/mol. The number of rotatable bonds is 6. The van der Waals surface area contributed by atoms with Gasteiger partial charge in [-0.05, 0) is 24.1 Å². The third-order valence-corrected chi connectivity index (χ3v) is 2.74. The molecule has 0 atom stereocenters. The van der Waals surface area contributed by atoms with E-state index in [1.165, 1.54) is 0 Å². The maximum Gasteiger partial charge on any atom is 0.227 e. The van der Waals surface area contributed by atoms with Gasteiger partial charge in [0.2, 0.25) is 5.91 Å². The van der Waals surface area contributed by atoms with Gasteiger partial charge in [0.15, 0.2) is 0 Å². The predicted molar refractivity (Wildman–Crippen MR) is 69.1 cm³/mol. The first-order valence-electron chi connectivity index (χ1n) is 5.80. The molecule has 4 heteroatoms. The van der Waals surface area contributed by atoms with E-state index in [4.69, 9.17) is 16.7 Å². The van der Waals surface area contributed by atoms with Crippen molar-refractivity contribution in [3.63, 3.8) is 0 Å². The molecule has 0 radical (unpaired) electrons. The van der Waals surface area contributed by atoms with E-state index in [1.54, 1.807) is 17.0 Å². The summed E-state index contributed by atoms with van der Waals surface area (Å²) in [4.78, 5) is 13.6. The second-order valence-corrected chi connectivity index (χ2v) is 4.34. The number of aliphatic hydroxyl groups excluding tert-OH is 1. The van der Waals surface area contributed by atoms with Crippen molar-refractivity contribution < 1.29 is 9.90 Å². The minimum atomic E-state index is 0.00631. The third kappa shape index (κ3) is 4.75. The van der Waals surface area contributed by atoms with Gasteiger partial charge in [0, 0.05) is 18.1 Å². The van der Waals surface area contributed by atoms with E-state index in [1.807, 2.05) is 19.1 Å². The molecule has 0 spiro atoms. The van der Waals surface area contributed by atoms with Gasteiger partial charge in [-0.1, -0.05) is 30.7 Å². The molecular formula is C13H18ClNO2. The summed E-state index contributed by atoms with van der Waals surface area (Å²) in [6.45, 7) is 3.11. The average Bonchev–Trinajstić information content (AvgIpc) is 2.32. The van der Waals surface area contributed by atoms with Crippen molar-refractivity contribution in [3.05, 3.63) is 34.9 Å². The zero-order chi connectivity index (χ0) is 12.7. The van der Waals surface area contributed by atoms with Gasteiger partial charge in [0.05, 0.1) is 13.0 Å². The second-order valence-electron chi connectivity index (χ2n) is 3.91. The summed E-state index contributed by atoms with van der Waals surface area (Å²) in [5.74, 6) is 0.0447. The Bertz CT molecular complexity index is 345. The van der Waals surface area contributed by atoms with Crippen molar-refractivity contribution in [1.29, 1.82) is 0 Å². The summed E-state index contributed by atoms with van der Waals surface area (Å²) in [5, 5.41) is 9.57. The molecule has 0 aliphatic carbocycles. The van der Waals surface area contributed by atoms with E-state index in [0.717, 1.165) is 12.0 Å². The van der Waals surface area contributed by atoms with Crippen molar-refractivity contribution >= 4 is 17.5 Å². The van der Waals surface area contributed by atoms with Crippen LogP contribution in [0.3, 0.4) is 0 Å². The van der Waals surface area contributed by atoms with E-state index < -0.39 is 0 Å². The number of halogens is 1. The Morgan fingerprint density at radius 1 is 1.29 bits per heavy atom. The highest BCUT2D eigenvalue weighted by Crippen LogP contribution is 2.11. The molecule has 0 aliphatic heterocycles. The Hall–Kier alpha value is -1.06. The Kier molecular flexibility index (Phi) is 6.01. The average molecular weight is 256 g/mol. The fourth-order valence-corrected chi connectivity index (χ4v) is 1.77. The Labute approximate surface area is 107 Å². The molecule has 0 unspecified atom stereocenters. The van der Waals surface area contributed by atoms with Crippen LogP contribution >= 0.6 is 11.6 Å². The maximum atomic E-state index is 12.0.